The Morgan fingerprint density at radius 2 is 1.06 bits per heavy atom. The van der Waals surface area contributed by atoms with E-state index in [4.69, 9.17) is 19.9 Å². The van der Waals surface area contributed by atoms with Crippen LogP contribution in [0.3, 0.4) is 0 Å². The van der Waals surface area contributed by atoms with Gasteiger partial charge in [-0.05, 0) is 36.4 Å². The summed E-state index contributed by atoms with van der Waals surface area (Å²) >= 11 is 0. The highest BCUT2D eigenvalue weighted by Crippen LogP contribution is 2.31. The smallest absolute Gasteiger partial charge is 0.116 e. The molecule has 0 saturated heterocycles. The molecule has 0 radical (unpaired) electrons. The fourth-order valence-corrected chi connectivity index (χ4v) is 4.55. The number of hydrogen-bond acceptors (Lipinski definition) is 5. The summed E-state index contributed by atoms with van der Waals surface area (Å²) in [5, 5.41) is 2.11. The summed E-state index contributed by atoms with van der Waals surface area (Å²) in [5.41, 5.74) is 8.31. The molecule has 0 aliphatic rings. The van der Waals surface area contributed by atoms with Crippen LogP contribution in [0.1, 0.15) is 0 Å². The van der Waals surface area contributed by atoms with Gasteiger partial charge in [-0.3, -0.25) is 4.98 Å². The van der Waals surface area contributed by atoms with Crippen LogP contribution in [0.15, 0.2) is 115 Å². The first kappa shape index (κ1) is 20.4. The number of benzene rings is 3. The van der Waals surface area contributed by atoms with E-state index in [1.54, 1.807) is 6.20 Å². The molecule has 0 fully saturated rings. The first-order valence-corrected chi connectivity index (χ1v) is 11.8. The number of hydrogen-bond donors (Lipinski definition) is 0. The topological polar surface area (TPSA) is 64.5 Å². The fourth-order valence-electron chi connectivity index (χ4n) is 4.55. The molecule has 0 unspecified atom stereocenters. The predicted molar refractivity (Wildman–Crippen MR) is 144 cm³/mol. The largest absolute Gasteiger partial charge is 0.254 e. The van der Waals surface area contributed by atoms with Crippen molar-refractivity contribution in [1.29, 1.82) is 0 Å². The molecule has 36 heavy (non-hydrogen) atoms. The molecule has 0 spiro atoms. The third-order valence-electron chi connectivity index (χ3n) is 6.30. The van der Waals surface area contributed by atoms with Crippen LogP contribution in [-0.4, -0.2) is 24.9 Å². The molecule has 3 aromatic carbocycles. The van der Waals surface area contributed by atoms with E-state index in [2.05, 4.69) is 41.4 Å². The van der Waals surface area contributed by atoms with Crippen molar-refractivity contribution in [2.24, 2.45) is 0 Å². The number of aromatic nitrogens is 5. The number of nitrogens with zero attached hydrogens (tertiary/aromatic N) is 5. The van der Waals surface area contributed by atoms with E-state index in [1.165, 1.54) is 0 Å². The van der Waals surface area contributed by atoms with Gasteiger partial charge in [-0.15, -0.1) is 0 Å². The molecule has 0 atom stereocenters. The van der Waals surface area contributed by atoms with Crippen molar-refractivity contribution >= 4 is 32.8 Å². The first-order valence-electron chi connectivity index (χ1n) is 11.8. The zero-order valence-corrected chi connectivity index (χ0v) is 19.2. The fraction of sp³-hybridized carbons (Fsp3) is 0. The van der Waals surface area contributed by atoms with Crippen LogP contribution < -0.4 is 0 Å². The van der Waals surface area contributed by atoms with Gasteiger partial charge in [0.1, 0.15) is 5.69 Å². The number of rotatable bonds is 3. The SMILES string of the molecule is c1ccc(-c2nc3ccccc3nc2-c2cccc(-c3ccc4ccc5cccnc5c4n3)n2)cc1. The van der Waals surface area contributed by atoms with Crippen LogP contribution in [0.5, 0.6) is 0 Å². The van der Waals surface area contributed by atoms with Gasteiger partial charge in [-0.25, -0.2) is 19.9 Å². The number of fused-ring (bicyclic) bond motifs is 4. The van der Waals surface area contributed by atoms with Crippen molar-refractivity contribution in [1.82, 2.24) is 24.9 Å². The molecule has 5 heteroatoms. The highest BCUT2D eigenvalue weighted by molar-refractivity contribution is 6.03. The predicted octanol–water partition coefficient (Wildman–Crippen LogP) is 7.12. The van der Waals surface area contributed by atoms with Crippen LogP contribution in [-0.2, 0) is 0 Å². The summed E-state index contributed by atoms with van der Waals surface area (Å²) < 4.78 is 0. The molecule has 5 nitrogen and oxygen atoms in total. The van der Waals surface area contributed by atoms with E-state index < -0.39 is 0 Å². The molecule has 0 aliphatic heterocycles. The Morgan fingerprint density at radius 1 is 0.389 bits per heavy atom. The minimum Gasteiger partial charge on any atom is -0.254 e. The maximum Gasteiger partial charge on any atom is 0.116 e. The Bertz CT molecular complexity index is 1900. The Labute approximate surface area is 207 Å². The van der Waals surface area contributed by atoms with Crippen molar-refractivity contribution in [2.75, 3.05) is 0 Å². The second kappa shape index (κ2) is 8.32. The second-order valence-corrected chi connectivity index (χ2v) is 8.59. The molecule has 7 rings (SSSR count). The van der Waals surface area contributed by atoms with Crippen molar-refractivity contribution in [3.63, 3.8) is 0 Å². The monoisotopic (exact) mass is 461 g/mol. The standard InChI is InChI=1S/C31H19N5/c1-2-8-20(9-3-1)30-31(36-25-12-5-4-11-24(25)34-30)27-14-6-13-23(33-27)26-18-17-22-16-15-21-10-7-19-32-28(21)29(22)35-26/h1-19H. The molecule has 0 aliphatic carbocycles. The van der Waals surface area contributed by atoms with Gasteiger partial charge >= 0.3 is 0 Å². The molecule has 0 bridgehead atoms. The van der Waals surface area contributed by atoms with Crippen molar-refractivity contribution in [3.8, 4) is 34.0 Å². The highest BCUT2D eigenvalue weighted by atomic mass is 14.9. The molecule has 0 N–H and O–H groups in total. The third kappa shape index (κ3) is 3.46. The van der Waals surface area contributed by atoms with Gasteiger partial charge in [-0.1, -0.05) is 72.8 Å². The average molecular weight is 462 g/mol. The lowest BCUT2D eigenvalue weighted by molar-refractivity contribution is 1.22. The zero-order chi connectivity index (χ0) is 23.9. The van der Waals surface area contributed by atoms with E-state index in [1.807, 2.05) is 72.8 Å². The molecule has 0 amide bonds. The third-order valence-corrected chi connectivity index (χ3v) is 6.30. The van der Waals surface area contributed by atoms with Crippen LogP contribution >= 0.6 is 0 Å². The summed E-state index contributed by atoms with van der Waals surface area (Å²) in [6.07, 6.45) is 1.80. The normalized spacial score (nSPS) is 11.3. The molecule has 0 saturated carbocycles. The maximum absolute atomic E-state index is 5.01. The minimum absolute atomic E-state index is 0.745. The van der Waals surface area contributed by atoms with Gasteiger partial charge in [0.2, 0.25) is 0 Å². The van der Waals surface area contributed by atoms with E-state index in [0.29, 0.717) is 0 Å². The van der Waals surface area contributed by atoms with Crippen molar-refractivity contribution < 1.29 is 0 Å². The number of para-hydroxylation sites is 2. The van der Waals surface area contributed by atoms with Gasteiger partial charge in [0, 0.05) is 22.5 Å². The van der Waals surface area contributed by atoms with Gasteiger partial charge in [0.05, 0.1) is 44.8 Å². The Hall–Kier alpha value is -5.03. The Balaban J connectivity index is 1.42. The van der Waals surface area contributed by atoms with E-state index >= 15 is 0 Å². The summed E-state index contributed by atoms with van der Waals surface area (Å²) in [7, 11) is 0. The van der Waals surface area contributed by atoms with Gasteiger partial charge in [0.25, 0.3) is 0 Å². The van der Waals surface area contributed by atoms with Crippen LogP contribution in [0, 0.1) is 0 Å². The van der Waals surface area contributed by atoms with E-state index in [0.717, 1.165) is 66.9 Å². The van der Waals surface area contributed by atoms with Gasteiger partial charge in [0.15, 0.2) is 0 Å². The summed E-state index contributed by atoms with van der Waals surface area (Å²) in [5.74, 6) is 0. The second-order valence-electron chi connectivity index (χ2n) is 8.59. The maximum atomic E-state index is 5.01. The van der Waals surface area contributed by atoms with Gasteiger partial charge < -0.3 is 0 Å². The lowest BCUT2D eigenvalue weighted by atomic mass is 10.1. The molecule has 168 valence electrons. The van der Waals surface area contributed by atoms with Gasteiger partial charge in [-0.2, -0.15) is 0 Å². The molecular formula is C31H19N5. The van der Waals surface area contributed by atoms with Crippen LogP contribution in [0.2, 0.25) is 0 Å². The zero-order valence-electron chi connectivity index (χ0n) is 19.2. The average Bonchev–Trinajstić information content (AvgIpc) is 2.96. The number of pyridine rings is 3. The summed E-state index contributed by atoms with van der Waals surface area (Å²) in [6, 6.07) is 36.2. The molecular weight excluding hydrogens is 442 g/mol. The summed E-state index contributed by atoms with van der Waals surface area (Å²) in [4.78, 5) is 24.5. The van der Waals surface area contributed by atoms with Crippen LogP contribution in [0.25, 0.3) is 66.9 Å². The molecule has 4 heterocycles. The Morgan fingerprint density at radius 3 is 1.89 bits per heavy atom. The van der Waals surface area contributed by atoms with Crippen molar-refractivity contribution in [3.05, 3.63) is 115 Å². The van der Waals surface area contributed by atoms with E-state index in [-0.39, 0.29) is 0 Å². The van der Waals surface area contributed by atoms with Crippen LogP contribution in [0.4, 0.5) is 0 Å². The lowest BCUT2D eigenvalue weighted by Gasteiger charge is -2.11. The molecule has 7 aromatic rings. The van der Waals surface area contributed by atoms with E-state index in [9.17, 15) is 0 Å². The Kier molecular flexibility index (Phi) is 4.71. The molecule has 4 aromatic heterocycles. The van der Waals surface area contributed by atoms with Crippen molar-refractivity contribution in [2.45, 2.75) is 0 Å². The quantitative estimate of drug-likeness (QED) is 0.262. The lowest BCUT2D eigenvalue weighted by Crippen LogP contribution is -1.98. The first-order chi connectivity index (χ1) is 17.8. The minimum atomic E-state index is 0.745. The summed E-state index contributed by atoms with van der Waals surface area (Å²) in [6.45, 7) is 0. The highest BCUT2D eigenvalue weighted by Gasteiger charge is 2.15.